The third-order valence-corrected chi connectivity index (χ3v) is 21.3. The number of ether oxygens (including phenoxy) is 1. The van der Waals surface area contributed by atoms with E-state index in [1.54, 1.807) is 0 Å². The number of carbonyl (C=O) groups is 1. The van der Waals surface area contributed by atoms with E-state index < -0.39 is 34.3 Å². The van der Waals surface area contributed by atoms with Crippen LogP contribution in [0.4, 0.5) is 0 Å². The number of hydrogen-bond donors (Lipinski definition) is 1. The number of carbonyl (C=O) groups excluding carboxylic acids is 1. The molecule has 1 aliphatic rings. The van der Waals surface area contributed by atoms with Crippen LogP contribution < -0.4 is 20.7 Å². The van der Waals surface area contributed by atoms with Crippen molar-refractivity contribution in [1.82, 2.24) is 4.90 Å². The van der Waals surface area contributed by atoms with Gasteiger partial charge in [-0.1, -0.05) is 169 Å². The topological polar surface area (TPSA) is 68.2 Å². The van der Waals surface area contributed by atoms with Crippen LogP contribution in [0.25, 0.3) is 0 Å². The van der Waals surface area contributed by atoms with Gasteiger partial charge in [-0.2, -0.15) is 0 Å². The number of aliphatic hydroxyl groups excluding tert-OH is 1. The molecule has 4 aromatic rings. The van der Waals surface area contributed by atoms with Crippen molar-refractivity contribution in [3.05, 3.63) is 121 Å². The molecule has 1 saturated carbocycles. The summed E-state index contributed by atoms with van der Waals surface area (Å²) in [7, 11) is -5.61. The van der Waals surface area contributed by atoms with E-state index in [2.05, 4.69) is 168 Å². The van der Waals surface area contributed by atoms with Crippen molar-refractivity contribution in [2.24, 2.45) is 5.92 Å². The second kappa shape index (κ2) is 17.8. The van der Waals surface area contributed by atoms with Gasteiger partial charge in [-0.15, -0.1) is 0 Å². The Labute approximate surface area is 333 Å². The largest absolute Gasteiger partial charge is 0.460 e. The minimum absolute atomic E-state index is 0.168. The fourth-order valence-electron chi connectivity index (χ4n) is 8.79. The van der Waals surface area contributed by atoms with E-state index in [1.807, 2.05) is 20.8 Å². The molecule has 0 spiro atoms. The van der Waals surface area contributed by atoms with Gasteiger partial charge in [-0.05, 0) is 64.4 Å². The first-order valence-electron chi connectivity index (χ1n) is 20.2. The average Bonchev–Trinajstić information content (AvgIpc) is 3.14. The summed E-state index contributed by atoms with van der Waals surface area (Å²) >= 11 is 0. The van der Waals surface area contributed by atoms with Gasteiger partial charge in [0.2, 0.25) is 0 Å². The molecule has 8 heteroatoms. The first kappa shape index (κ1) is 42.8. The third-order valence-electron chi connectivity index (χ3n) is 11.2. The maximum absolute atomic E-state index is 13.5. The molecule has 0 bridgehead atoms. The summed E-state index contributed by atoms with van der Waals surface area (Å²) in [6.07, 6.45) is 1.34. The second-order valence-electron chi connectivity index (χ2n) is 18.2. The number of benzene rings is 4. The fraction of sp³-hybridized carbons (Fsp3) is 0.468. The van der Waals surface area contributed by atoms with Gasteiger partial charge in [0.25, 0.3) is 16.6 Å². The van der Waals surface area contributed by atoms with E-state index in [9.17, 15) is 9.90 Å². The molecule has 0 radical (unpaired) electrons. The molecule has 3 atom stereocenters. The van der Waals surface area contributed by atoms with Gasteiger partial charge in [0.05, 0.1) is 12.0 Å². The van der Waals surface area contributed by atoms with Crippen molar-refractivity contribution >= 4 is 43.4 Å². The van der Waals surface area contributed by atoms with Crippen LogP contribution >= 0.6 is 0 Å². The molecular weight excluding hydrogens is 715 g/mol. The minimum Gasteiger partial charge on any atom is -0.460 e. The number of esters is 1. The summed E-state index contributed by atoms with van der Waals surface area (Å²) in [4.78, 5) is 15.8. The number of rotatable bonds is 14. The van der Waals surface area contributed by atoms with Crippen molar-refractivity contribution in [3.8, 4) is 0 Å². The van der Waals surface area contributed by atoms with Gasteiger partial charge in [0, 0.05) is 32.3 Å². The fourth-order valence-corrected chi connectivity index (χ4v) is 17.9. The molecule has 4 aromatic carbocycles. The molecule has 55 heavy (non-hydrogen) atoms. The highest BCUT2D eigenvalue weighted by molar-refractivity contribution is 7.00. The molecule has 296 valence electrons. The molecule has 1 aliphatic carbocycles. The average molecular weight is 780 g/mol. The van der Waals surface area contributed by atoms with Crippen LogP contribution in [0.15, 0.2) is 121 Å². The van der Waals surface area contributed by atoms with Gasteiger partial charge >= 0.3 is 5.97 Å². The zero-order valence-electron chi connectivity index (χ0n) is 34.8. The maximum Gasteiger partial charge on any atom is 0.312 e. The van der Waals surface area contributed by atoms with E-state index in [0.29, 0.717) is 32.7 Å². The Morgan fingerprint density at radius 2 is 0.945 bits per heavy atom. The molecule has 0 saturated heterocycles. The number of aliphatic hydroxyl groups is 1. The molecular formula is C47H65NO5Si2. The van der Waals surface area contributed by atoms with Crippen molar-refractivity contribution in [2.45, 2.75) is 109 Å². The van der Waals surface area contributed by atoms with E-state index in [4.69, 9.17) is 13.6 Å². The lowest BCUT2D eigenvalue weighted by atomic mass is 9.82. The lowest BCUT2D eigenvalue weighted by molar-refractivity contribution is -0.168. The van der Waals surface area contributed by atoms with Crippen LogP contribution in [0, 0.1) is 5.92 Å². The van der Waals surface area contributed by atoms with Crippen molar-refractivity contribution in [3.63, 3.8) is 0 Å². The maximum atomic E-state index is 13.5. The monoisotopic (exact) mass is 779 g/mol. The van der Waals surface area contributed by atoms with Gasteiger partial charge in [-0.3, -0.25) is 9.69 Å². The Balaban J connectivity index is 1.50. The molecule has 0 aromatic heterocycles. The van der Waals surface area contributed by atoms with Crippen LogP contribution in [-0.4, -0.2) is 76.7 Å². The van der Waals surface area contributed by atoms with Crippen LogP contribution in [-0.2, 0) is 18.4 Å². The van der Waals surface area contributed by atoms with E-state index in [0.717, 1.165) is 12.8 Å². The summed E-state index contributed by atoms with van der Waals surface area (Å²) in [6.45, 7) is 21.5. The lowest BCUT2D eigenvalue weighted by Crippen LogP contribution is -2.67. The Morgan fingerprint density at radius 3 is 1.25 bits per heavy atom. The summed E-state index contributed by atoms with van der Waals surface area (Å²) in [5, 5.41) is 16.7. The normalized spacial score (nSPS) is 18.6. The van der Waals surface area contributed by atoms with Crippen molar-refractivity contribution in [1.29, 1.82) is 0 Å². The summed E-state index contributed by atoms with van der Waals surface area (Å²) in [6, 6.07) is 42.6. The first-order chi connectivity index (χ1) is 26.0. The second-order valence-corrected chi connectivity index (χ2v) is 26.8. The van der Waals surface area contributed by atoms with E-state index in [-0.39, 0.29) is 22.1 Å². The number of hydrogen-bond acceptors (Lipinski definition) is 6. The Kier molecular flexibility index (Phi) is 13.9. The van der Waals surface area contributed by atoms with E-state index >= 15 is 0 Å². The Hall–Kier alpha value is -3.38. The summed E-state index contributed by atoms with van der Waals surface area (Å²) in [5.74, 6) is -0.910. The smallest absolute Gasteiger partial charge is 0.312 e. The summed E-state index contributed by atoms with van der Waals surface area (Å²) < 4.78 is 20.6. The van der Waals surface area contributed by atoms with Gasteiger partial charge in [0.15, 0.2) is 0 Å². The van der Waals surface area contributed by atoms with Crippen LogP contribution in [0.1, 0.15) is 81.6 Å². The third kappa shape index (κ3) is 9.61. The van der Waals surface area contributed by atoms with Crippen LogP contribution in [0.3, 0.4) is 0 Å². The minimum atomic E-state index is -2.80. The SMILES string of the molecule is CC(C)(C)OC(=O)[C@H]1CCC[C@H](N(CCO[Si](c2ccccc2)(c2ccccc2)C(C)(C)C)CCO[Si](c2ccccc2)(c2ccccc2)C(C)(C)C)[C@H]1O. The summed E-state index contributed by atoms with van der Waals surface area (Å²) in [5.41, 5.74) is -0.628. The van der Waals surface area contributed by atoms with Crippen molar-refractivity contribution in [2.75, 3.05) is 26.3 Å². The molecule has 0 unspecified atom stereocenters. The molecule has 0 aliphatic heterocycles. The molecule has 1 fully saturated rings. The molecule has 0 amide bonds. The highest BCUT2D eigenvalue weighted by Gasteiger charge is 2.52. The molecule has 0 heterocycles. The van der Waals surface area contributed by atoms with Gasteiger partial charge in [0.1, 0.15) is 5.60 Å². The van der Waals surface area contributed by atoms with E-state index in [1.165, 1.54) is 20.7 Å². The predicted molar refractivity (Wildman–Crippen MR) is 232 cm³/mol. The van der Waals surface area contributed by atoms with Gasteiger partial charge < -0.3 is 18.7 Å². The first-order valence-corrected chi connectivity index (χ1v) is 24.0. The molecule has 5 rings (SSSR count). The molecule has 1 N–H and O–H groups in total. The van der Waals surface area contributed by atoms with Crippen molar-refractivity contribution < 1.29 is 23.5 Å². The number of nitrogens with zero attached hydrogens (tertiary/aromatic N) is 1. The van der Waals surface area contributed by atoms with Gasteiger partial charge in [-0.25, -0.2) is 0 Å². The molecule has 6 nitrogen and oxygen atoms in total. The highest BCUT2D eigenvalue weighted by atomic mass is 28.4. The van der Waals surface area contributed by atoms with Crippen LogP contribution in [0.5, 0.6) is 0 Å². The zero-order valence-corrected chi connectivity index (χ0v) is 36.8. The standard InChI is InChI=1S/C47H65NO5Si2/c1-45(2,3)53-44(50)41-31-22-32-42(43(41)49)48(33-35-51-54(46(4,5)6,37-23-14-10-15-24-37)38-25-16-11-17-26-38)34-36-52-55(47(7,8)9,39-27-18-12-19-28-39)40-29-20-13-21-30-40/h10-21,23-30,41-43,49H,22,31-36H2,1-9H3/t41-,42-,43-/m0/s1. The van der Waals surface area contributed by atoms with Crippen LogP contribution in [0.2, 0.25) is 10.1 Å². The zero-order chi connectivity index (χ0) is 39.9. The lowest BCUT2D eigenvalue weighted by Gasteiger charge is -2.45. The quantitative estimate of drug-likeness (QED) is 0.107. The Bertz CT molecular complexity index is 1580. The Morgan fingerprint density at radius 1 is 0.600 bits per heavy atom. The highest BCUT2D eigenvalue weighted by Crippen LogP contribution is 2.38. The predicted octanol–water partition coefficient (Wildman–Crippen LogP) is 7.31.